The first kappa shape index (κ1) is 13.5. The van der Waals surface area contributed by atoms with Gasteiger partial charge in [0.25, 0.3) is 11.7 Å². The third-order valence-electron chi connectivity index (χ3n) is 4.13. The number of aromatic nitrogens is 2. The van der Waals surface area contributed by atoms with E-state index < -0.39 is 0 Å². The van der Waals surface area contributed by atoms with E-state index in [1.807, 2.05) is 4.90 Å². The molecule has 1 amide bonds. The highest BCUT2D eigenvalue weighted by Crippen LogP contribution is 2.21. The number of nitrogens with one attached hydrogen (secondary N) is 1. The SMILES string of the molecule is O=C(c1noc(C2CCCN2)n1)N1CCCCCCC1. The molecule has 2 aliphatic heterocycles. The van der Waals surface area contributed by atoms with Crippen molar-refractivity contribution in [2.75, 3.05) is 19.6 Å². The normalized spacial score (nSPS) is 24.4. The fraction of sp³-hybridized carbons (Fsp3) is 0.786. The van der Waals surface area contributed by atoms with Crippen LogP contribution < -0.4 is 5.32 Å². The fourth-order valence-electron chi connectivity index (χ4n) is 2.95. The highest BCUT2D eigenvalue weighted by Gasteiger charge is 2.26. The first-order valence-electron chi connectivity index (χ1n) is 7.71. The topological polar surface area (TPSA) is 71.3 Å². The van der Waals surface area contributed by atoms with E-state index in [2.05, 4.69) is 15.5 Å². The standard InChI is InChI=1S/C14H22N4O2/c19-14(18-9-4-2-1-3-5-10-18)12-16-13(20-17-12)11-7-6-8-15-11/h11,15H,1-10H2. The molecule has 0 bridgehead atoms. The maximum atomic E-state index is 12.4. The van der Waals surface area contributed by atoms with Gasteiger partial charge in [0, 0.05) is 13.1 Å². The largest absolute Gasteiger partial charge is 0.337 e. The zero-order valence-electron chi connectivity index (χ0n) is 11.8. The van der Waals surface area contributed by atoms with Crippen molar-refractivity contribution in [3.05, 3.63) is 11.7 Å². The molecule has 0 radical (unpaired) electrons. The molecular formula is C14H22N4O2. The maximum absolute atomic E-state index is 12.4. The second kappa shape index (κ2) is 6.35. The quantitative estimate of drug-likeness (QED) is 0.894. The Morgan fingerprint density at radius 2 is 1.90 bits per heavy atom. The molecule has 110 valence electrons. The lowest BCUT2D eigenvalue weighted by atomic mass is 10.1. The number of nitrogens with zero attached hydrogens (tertiary/aromatic N) is 3. The zero-order chi connectivity index (χ0) is 13.8. The van der Waals surface area contributed by atoms with Gasteiger partial charge in [0.1, 0.15) is 0 Å². The van der Waals surface area contributed by atoms with Crippen LogP contribution >= 0.6 is 0 Å². The predicted octanol–water partition coefficient (Wildman–Crippen LogP) is 1.90. The number of rotatable bonds is 2. The Morgan fingerprint density at radius 3 is 2.60 bits per heavy atom. The molecule has 2 saturated heterocycles. The van der Waals surface area contributed by atoms with E-state index in [-0.39, 0.29) is 17.8 Å². The minimum atomic E-state index is -0.0834. The summed E-state index contributed by atoms with van der Waals surface area (Å²) in [5.41, 5.74) is 0. The Kier molecular flexibility index (Phi) is 4.30. The highest BCUT2D eigenvalue weighted by molar-refractivity contribution is 5.90. The van der Waals surface area contributed by atoms with Crippen molar-refractivity contribution in [1.29, 1.82) is 0 Å². The minimum Gasteiger partial charge on any atom is -0.337 e. The lowest BCUT2D eigenvalue weighted by molar-refractivity contribution is 0.0726. The Bertz CT molecular complexity index is 446. The minimum absolute atomic E-state index is 0.0834. The molecule has 1 N–H and O–H groups in total. The van der Waals surface area contributed by atoms with E-state index >= 15 is 0 Å². The molecule has 6 nitrogen and oxygen atoms in total. The Labute approximate surface area is 118 Å². The Hall–Kier alpha value is -1.43. The van der Waals surface area contributed by atoms with Crippen LogP contribution in [0.2, 0.25) is 0 Å². The monoisotopic (exact) mass is 278 g/mol. The van der Waals surface area contributed by atoms with Gasteiger partial charge in [-0.3, -0.25) is 4.79 Å². The van der Waals surface area contributed by atoms with Gasteiger partial charge in [0.2, 0.25) is 5.89 Å². The number of carbonyl (C=O) groups is 1. The van der Waals surface area contributed by atoms with Crippen LogP contribution in [-0.4, -0.2) is 40.6 Å². The predicted molar refractivity (Wildman–Crippen MR) is 73.3 cm³/mol. The molecular weight excluding hydrogens is 256 g/mol. The van der Waals surface area contributed by atoms with Gasteiger partial charge in [0.05, 0.1) is 6.04 Å². The van der Waals surface area contributed by atoms with Gasteiger partial charge in [0.15, 0.2) is 0 Å². The molecule has 3 rings (SSSR count). The van der Waals surface area contributed by atoms with Gasteiger partial charge < -0.3 is 14.7 Å². The molecule has 2 aliphatic rings. The van der Waals surface area contributed by atoms with Gasteiger partial charge in [-0.1, -0.05) is 24.4 Å². The van der Waals surface area contributed by atoms with Gasteiger partial charge in [-0.15, -0.1) is 0 Å². The van der Waals surface area contributed by atoms with Crippen LogP contribution in [0.25, 0.3) is 0 Å². The van der Waals surface area contributed by atoms with Crippen molar-refractivity contribution >= 4 is 5.91 Å². The summed E-state index contributed by atoms with van der Waals surface area (Å²) in [5, 5.41) is 7.17. The average Bonchev–Trinajstić information content (AvgIpc) is 3.09. The van der Waals surface area contributed by atoms with Crippen LogP contribution in [-0.2, 0) is 0 Å². The van der Waals surface area contributed by atoms with E-state index in [0.717, 1.165) is 45.3 Å². The summed E-state index contributed by atoms with van der Waals surface area (Å²) >= 11 is 0. The number of hydrogen-bond acceptors (Lipinski definition) is 5. The number of carbonyl (C=O) groups excluding carboxylic acids is 1. The lowest BCUT2D eigenvalue weighted by Gasteiger charge is -2.23. The molecule has 2 fully saturated rings. The van der Waals surface area contributed by atoms with Crippen molar-refractivity contribution in [3.63, 3.8) is 0 Å². The summed E-state index contributed by atoms with van der Waals surface area (Å²) < 4.78 is 5.25. The highest BCUT2D eigenvalue weighted by atomic mass is 16.5. The molecule has 1 aromatic heterocycles. The van der Waals surface area contributed by atoms with E-state index in [1.165, 1.54) is 19.3 Å². The van der Waals surface area contributed by atoms with Crippen molar-refractivity contribution in [3.8, 4) is 0 Å². The molecule has 1 unspecified atom stereocenters. The molecule has 1 atom stereocenters. The first-order chi connectivity index (χ1) is 9.84. The average molecular weight is 278 g/mol. The van der Waals surface area contributed by atoms with Gasteiger partial charge in [-0.2, -0.15) is 4.98 Å². The molecule has 0 aliphatic carbocycles. The summed E-state index contributed by atoms with van der Waals surface area (Å²) in [4.78, 5) is 18.6. The van der Waals surface area contributed by atoms with E-state index in [1.54, 1.807) is 0 Å². The first-order valence-corrected chi connectivity index (χ1v) is 7.71. The molecule has 6 heteroatoms. The third-order valence-corrected chi connectivity index (χ3v) is 4.13. The van der Waals surface area contributed by atoms with Crippen molar-refractivity contribution in [2.45, 2.75) is 51.0 Å². The Morgan fingerprint density at radius 1 is 1.15 bits per heavy atom. The summed E-state index contributed by atoms with van der Waals surface area (Å²) in [6, 6.07) is 0.122. The molecule has 3 heterocycles. The second-order valence-corrected chi connectivity index (χ2v) is 5.67. The molecule has 1 aromatic rings. The fourth-order valence-corrected chi connectivity index (χ4v) is 2.95. The van der Waals surface area contributed by atoms with Gasteiger partial charge >= 0.3 is 0 Å². The molecule has 20 heavy (non-hydrogen) atoms. The van der Waals surface area contributed by atoms with Gasteiger partial charge in [-0.05, 0) is 32.2 Å². The zero-order valence-corrected chi connectivity index (χ0v) is 11.8. The van der Waals surface area contributed by atoms with Crippen LogP contribution in [0.4, 0.5) is 0 Å². The van der Waals surface area contributed by atoms with Crippen LogP contribution in [0.5, 0.6) is 0 Å². The summed E-state index contributed by atoms with van der Waals surface area (Å²) in [6.45, 7) is 2.59. The van der Waals surface area contributed by atoms with Crippen LogP contribution in [0.15, 0.2) is 4.52 Å². The lowest BCUT2D eigenvalue weighted by Crippen LogP contribution is -2.34. The van der Waals surface area contributed by atoms with E-state index in [9.17, 15) is 4.79 Å². The number of hydrogen-bond donors (Lipinski definition) is 1. The van der Waals surface area contributed by atoms with Crippen molar-refractivity contribution in [2.24, 2.45) is 0 Å². The van der Waals surface area contributed by atoms with Crippen LogP contribution in [0.3, 0.4) is 0 Å². The van der Waals surface area contributed by atoms with E-state index in [0.29, 0.717) is 5.89 Å². The van der Waals surface area contributed by atoms with E-state index in [4.69, 9.17) is 4.52 Å². The summed E-state index contributed by atoms with van der Waals surface area (Å²) in [7, 11) is 0. The smallest absolute Gasteiger partial charge is 0.295 e. The maximum Gasteiger partial charge on any atom is 0.295 e. The Balaban J connectivity index is 1.66. The van der Waals surface area contributed by atoms with Gasteiger partial charge in [-0.25, -0.2) is 0 Å². The third kappa shape index (κ3) is 3.00. The van der Waals surface area contributed by atoms with Crippen molar-refractivity contribution in [1.82, 2.24) is 20.4 Å². The summed E-state index contributed by atoms with van der Waals surface area (Å²) in [5.74, 6) is 0.687. The van der Waals surface area contributed by atoms with Crippen molar-refractivity contribution < 1.29 is 9.32 Å². The summed E-state index contributed by atoms with van der Waals surface area (Å²) in [6.07, 6.45) is 7.94. The second-order valence-electron chi connectivity index (χ2n) is 5.67. The molecule has 0 aromatic carbocycles. The van der Waals surface area contributed by atoms with Crippen LogP contribution in [0.1, 0.15) is 67.5 Å². The number of amides is 1. The molecule has 0 spiro atoms. The number of likely N-dealkylation sites (tertiary alicyclic amines) is 1. The molecule has 0 saturated carbocycles. The van der Waals surface area contributed by atoms with Crippen LogP contribution in [0, 0.1) is 0 Å².